The van der Waals surface area contributed by atoms with Crippen LogP contribution in [0.4, 0.5) is 17.1 Å². The van der Waals surface area contributed by atoms with Gasteiger partial charge in [0, 0.05) is 33.9 Å². The van der Waals surface area contributed by atoms with Gasteiger partial charge in [-0.15, -0.1) is 0 Å². The van der Waals surface area contributed by atoms with Crippen molar-refractivity contribution in [2.24, 2.45) is 0 Å². The van der Waals surface area contributed by atoms with Crippen LogP contribution in [0.15, 0.2) is 156 Å². The van der Waals surface area contributed by atoms with Gasteiger partial charge in [-0.25, -0.2) is 0 Å². The van der Waals surface area contributed by atoms with Crippen molar-refractivity contribution >= 4 is 60.5 Å². The Morgan fingerprint density at radius 3 is 1.73 bits per heavy atom. The molecule has 1 aliphatic carbocycles. The number of rotatable bonds is 4. The summed E-state index contributed by atoms with van der Waals surface area (Å²) in [6, 6.07) is 55.3. The smallest absolute Gasteiger partial charge is 0.137 e. The second-order valence-electron chi connectivity index (χ2n) is 13.1. The first kappa shape index (κ1) is 27.0. The fourth-order valence-corrected chi connectivity index (χ4v) is 7.53. The lowest BCUT2D eigenvalue weighted by molar-refractivity contribution is 0.669. The number of benzene rings is 8. The molecule has 0 saturated heterocycles. The highest BCUT2D eigenvalue weighted by Crippen LogP contribution is 2.51. The molecule has 0 aliphatic heterocycles. The third-order valence-electron chi connectivity index (χ3n) is 10.3. The lowest BCUT2D eigenvalue weighted by atomic mass is 9.77. The number of hydrogen-bond donors (Lipinski definition) is 0. The van der Waals surface area contributed by atoms with Crippen molar-refractivity contribution in [2.45, 2.75) is 13.8 Å². The number of furan rings is 1. The van der Waals surface area contributed by atoms with Crippen LogP contribution >= 0.6 is 0 Å². The van der Waals surface area contributed by atoms with Crippen LogP contribution < -0.4 is 4.90 Å². The molecule has 10 rings (SSSR count). The number of aryl methyl sites for hydroxylation is 2. The second kappa shape index (κ2) is 10.2. The van der Waals surface area contributed by atoms with Gasteiger partial charge >= 0.3 is 0 Å². The molecule has 8 aromatic carbocycles. The van der Waals surface area contributed by atoms with Crippen molar-refractivity contribution in [2.75, 3.05) is 4.90 Å². The van der Waals surface area contributed by atoms with Crippen molar-refractivity contribution in [3.63, 3.8) is 0 Å². The molecule has 0 N–H and O–H groups in total. The van der Waals surface area contributed by atoms with E-state index in [0.717, 1.165) is 39.0 Å². The van der Waals surface area contributed by atoms with Crippen LogP contribution in [-0.4, -0.2) is 0 Å². The van der Waals surface area contributed by atoms with E-state index < -0.39 is 0 Å². The first-order chi connectivity index (χ1) is 23.6. The van der Waals surface area contributed by atoms with Crippen LogP contribution in [0.5, 0.6) is 0 Å². The fourth-order valence-electron chi connectivity index (χ4n) is 7.53. The minimum Gasteiger partial charge on any atom is -0.456 e. The molecule has 0 saturated carbocycles. The Balaban J connectivity index is 1.09. The van der Waals surface area contributed by atoms with Crippen LogP contribution in [-0.2, 0) is 0 Å². The van der Waals surface area contributed by atoms with Crippen LogP contribution in [0, 0.1) is 13.8 Å². The topological polar surface area (TPSA) is 16.4 Å². The van der Waals surface area contributed by atoms with Gasteiger partial charge in [-0.05, 0) is 153 Å². The van der Waals surface area contributed by atoms with Gasteiger partial charge in [0.1, 0.15) is 11.2 Å². The molecule has 226 valence electrons. The van der Waals surface area contributed by atoms with Gasteiger partial charge in [0.05, 0.1) is 0 Å². The van der Waals surface area contributed by atoms with E-state index in [0.29, 0.717) is 0 Å². The summed E-state index contributed by atoms with van der Waals surface area (Å²) in [4.78, 5) is 2.35. The molecular formula is C46H31NO. The van der Waals surface area contributed by atoms with Crippen molar-refractivity contribution in [3.8, 4) is 33.4 Å². The molecule has 2 nitrogen and oxygen atoms in total. The standard InChI is InChI=1S/C46H31NO/c1-28-12-16-36(20-29(28)2)47(38-18-19-40-39-10-6-7-11-45(39)48-46(40)27-38)37-17-15-33-24-42-43-25-34-21-31(30-8-4-3-5-9-30)13-14-32(34)23-41(43)44(42)26-35(33)22-37/h3-27H,1-2H3. The highest BCUT2D eigenvalue weighted by molar-refractivity contribution is 6.12. The van der Waals surface area contributed by atoms with Crippen LogP contribution in [0.2, 0.25) is 0 Å². The Kier molecular flexibility index (Phi) is 5.74. The summed E-state index contributed by atoms with van der Waals surface area (Å²) in [5.74, 6) is 0. The third-order valence-corrected chi connectivity index (χ3v) is 10.3. The summed E-state index contributed by atoms with van der Waals surface area (Å²) in [5.41, 5.74) is 15.5. The lowest BCUT2D eigenvalue weighted by Crippen LogP contribution is -2.10. The fraction of sp³-hybridized carbons (Fsp3) is 0.0435. The molecule has 1 heterocycles. The molecule has 1 aromatic heterocycles. The van der Waals surface area contributed by atoms with Crippen LogP contribution in [0.1, 0.15) is 11.1 Å². The van der Waals surface area contributed by atoms with Gasteiger partial charge in [-0.2, -0.15) is 0 Å². The minimum absolute atomic E-state index is 0.893. The monoisotopic (exact) mass is 613 g/mol. The number of nitrogens with zero attached hydrogens (tertiary/aromatic N) is 1. The lowest BCUT2D eigenvalue weighted by Gasteiger charge is -2.28. The molecule has 0 unspecified atom stereocenters. The molecule has 1 aliphatic rings. The largest absolute Gasteiger partial charge is 0.456 e. The molecule has 9 aromatic rings. The predicted molar refractivity (Wildman–Crippen MR) is 203 cm³/mol. The van der Waals surface area contributed by atoms with Gasteiger partial charge < -0.3 is 9.32 Å². The molecule has 0 fully saturated rings. The molecule has 0 bridgehead atoms. The number of hydrogen-bond acceptors (Lipinski definition) is 2. The molecule has 2 heteroatoms. The maximum absolute atomic E-state index is 6.33. The van der Waals surface area contributed by atoms with Gasteiger partial charge in [0.15, 0.2) is 0 Å². The van der Waals surface area contributed by atoms with Crippen molar-refractivity contribution < 1.29 is 4.42 Å². The predicted octanol–water partition coefficient (Wildman–Crippen LogP) is 13.3. The third kappa shape index (κ3) is 4.13. The van der Waals surface area contributed by atoms with Gasteiger partial charge in [-0.3, -0.25) is 0 Å². The summed E-state index contributed by atoms with van der Waals surface area (Å²) in [6.07, 6.45) is 0. The highest BCUT2D eigenvalue weighted by Gasteiger charge is 2.24. The minimum atomic E-state index is 0.893. The first-order valence-corrected chi connectivity index (χ1v) is 16.6. The molecule has 48 heavy (non-hydrogen) atoms. The normalized spacial score (nSPS) is 12.0. The van der Waals surface area contributed by atoms with E-state index in [1.54, 1.807) is 0 Å². The summed E-state index contributed by atoms with van der Waals surface area (Å²) < 4.78 is 6.33. The Morgan fingerprint density at radius 1 is 0.375 bits per heavy atom. The van der Waals surface area contributed by atoms with E-state index >= 15 is 0 Å². The van der Waals surface area contributed by atoms with Crippen LogP contribution in [0.25, 0.3) is 76.9 Å². The summed E-state index contributed by atoms with van der Waals surface area (Å²) in [7, 11) is 0. The zero-order chi connectivity index (χ0) is 31.9. The van der Waals surface area contributed by atoms with E-state index in [-0.39, 0.29) is 0 Å². The SMILES string of the molecule is Cc1ccc(N(c2ccc3cc4c(cc3c2)-c2cc3ccc(-c5ccccc5)cc3cc2-4)c2ccc3c(c2)oc2ccccc23)cc1C. The zero-order valence-electron chi connectivity index (χ0n) is 26.8. The molecule has 0 amide bonds. The van der Waals surface area contributed by atoms with E-state index in [4.69, 9.17) is 4.42 Å². The Morgan fingerprint density at radius 2 is 0.958 bits per heavy atom. The van der Waals surface area contributed by atoms with Gasteiger partial charge in [0.2, 0.25) is 0 Å². The number of fused-ring (bicyclic) bond motifs is 9. The highest BCUT2D eigenvalue weighted by atomic mass is 16.3. The van der Waals surface area contributed by atoms with Gasteiger partial charge in [0.25, 0.3) is 0 Å². The summed E-state index contributed by atoms with van der Waals surface area (Å²) in [6.45, 7) is 4.35. The average molecular weight is 614 g/mol. The van der Waals surface area contributed by atoms with E-state index in [1.807, 2.05) is 12.1 Å². The van der Waals surface area contributed by atoms with E-state index in [2.05, 4.69) is 158 Å². The number of para-hydroxylation sites is 1. The summed E-state index contributed by atoms with van der Waals surface area (Å²) >= 11 is 0. The molecule has 0 radical (unpaired) electrons. The second-order valence-corrected chi connectivity index (χ2v) is 13.1. The maximum Gasteiger partial charge on any atom is 0.137 e. The molecule has 0 atom stereocenters. The first-order valence-electron chi connectivity index (χ1n) is 16.6. The Labute approximate surface area is 279 Å². The number of anilines is 3. The molecule has 0 spiro atoms. The Bertz CT molecular complexity index is 2750. The van der Waals surface area contributed by atoms with E-state index in [1.165, 1.54) is 66.1 Å². The summed E-state index contributed by atoms with van der Waals surface area (Å²) in [5, 5.41) is 7.31. The van der Waals surface area contributed by atoms with Crippen molar-refractivity contribution in [3.05, 3.63) is 163 Å². The maximum atomic E-state index is 6.33. The van der Waals surface area contributed by atoms with Gasteiger partial charge in [-0.1, -0.05) is 72.8 Å². The van der Waals surface area contributed by atoms with E-state index in [9.17, 15) is 0 Å². The zero-order valence-corrected chi connectivity index (χ0v) is 26.8. The average Bonchev–Trinajstić information content (AvgIpc) is 3.50. The van der Waals surface area contributed by atoms with Crippen molar-refractivity contribution in [1.82, 2.24) is 0 Å². The van der Waals surface area contributed by atoms with Crippen molar-refractivity contribution in [1.29, 1.82) is 0 Å². The van der Waals surface area contributed by atoms with Crippen LogP contribution in [0.3, 0.4) is 0 Å². The Hall–Kier alpha value is -6.12. The molecular weight excluding hydrogens is 583 g/mol. The quantitative estimate of drug-likeness (QED) is 0.196.